The maximum Gasteiger partial charge on any atom is 0.184 e. The van der Waals surface area contributed by atoms with Crippen LogP contribution in [0.15, 0.2) is 47.5 Å². The lowest BCUT2D eigenvalue weighted by Gasteiger charge is -2.08. The largest absolute Gasteiger partial charge is 0.399 e. The second-order valence-corrected chi connectivity index (χ2v) is 6.06. The molecule has 0 radical (unpaired) electrons. The van der Waals surface area contributed by atoms with Crippen molar-refractivity contribution in [2.24, 2.45) is 0 Å². The number of benzene rings is 1. The molecule has 0 aliphatic rings. The lowest BCUT2D eigenvalue weighted by molar-refractivity contribution is 0.594. The third kappa shape index (κ3) is 2.68. The van der Waals surface area contributed by atoms with Crippen LogP contribution in [-0.2, 0) is 15.6 Å². The molecule has 5 heteroatoms. The maximum absolute atomic E-state index is 12.3. The van der Waals surface area contributed by atoms with Gasteiger partial charge in [-0.15, -0.1) is 0 Å². The minimum Gasteiger partial charge on any atom is -0.399 e. The molecular formula is C13H14N2O2S. The Morgan fingerprint density at radius 1 is 1.22 bits per heavy atom. The van der Waals surface area contributed by atoms with Gasteiger partial charge in [-0.1, -0.05) is 12.1 Å². The van der Waals surface area contributed by atoms with Crippen molar-refractivity contribution in [3.05, 3.63) is 53.9 Å². The predicted molar refractivity (Wildman–Crippen MR) is 70.7 cm³/mol. The summed E-state index contributed by atoms with van der Waals surface area (Å²) < 4.78 is 24.6. The highest BCUT2D eigenvalue weighted by Crippen LogP contribution is 2.21. The average Bonchev–Trinajstić information content (AvgIpc) is 2.33. The highest BCUT2D eigenvalue weighted by atomic mass is 32.2. The third-order valence-corrected chi connectivity index (χ3v) is 4.40. The van der Waals surface area contributed by atoms with Crippen LogP contribution in [0, 0.1) is 6.92 Å². The zero-order valence-electron chi connectivity index (χ0n) is 10.00. The second-order valence-electron chi connectivity index (χ2n) is 4.11. The van der Waals surface area contributed by atoms with Gasteiger partial charge >= 0.3 is 0 Å². The van der Waals surface area contributed by atoms with Crippen LogP contribution in [0.2, 0.25) is 0 Å². The van der Waals surface area contributed by atoms with Gasteiger partial charge in [-0.25, -0.2) is 8.42 Å². The van der Waals surface area contributed by atoms with Gasteiger partial charge in [-0.05, 0) is 36.8 Å². The molecule has 18 heavy (non-hydrogen) atoms. The van der Waals surface area contributed by atoms with Gasteiger partial charge in [0.05, 0.1) is 16.3 Å². The number of sulfone groups is 1. The highest BCUT2D eigenvalue weighted by molar-refractivity contribution is 7.90. The zero-order valence-corrected chi connectivity index (χ0v) is 10.8. The van der Waals surface area contributed by atoms with Gasteiger partial charge in [0.1, 0.15) is 0 Å². The Bertz CT molecular complexity index is 652. The molecule has 1 heterocycles. The van der Waals surface area contributed by atoms with Crippen molar-refractivity contribution in [3.8, 4) is 0 Å². The number of nitrogens with zero attached hydrogens (tertiary/aromatic N) is 1. The number of hydrogen-bond acceptors (Lipinski definition) is 4. The first kappa shape index (κ1) is 12.6. The minimum atomic E-state index is -3.41. The number of rotatable bonds is 3. The van der Waals surface area contributed by atoms with Crippen molar-refractivity contribution < 1.29 is 8.42 Å². The van der Waals surface area contributed by atoms with Gasteiger partial charge in [0, 0.05) is 11.9 Å². The molecule has 0 saturated heterocycles. The lowest BCUT2D eigenvalue weighted by Crippen LogP contribution is -2.08. The quantitative estimate of drug-likeness (QED) is 0.858. The molecule has 1 aromatic carbocycles. The van der Waals surface area contributed by atoms with E-state index in [2.05, 4.69) is 4.98 Å². The minimum absolute atomic E-state index is 0.113. The lowest BCUT2D eigenvalue weighted by atomic mass is 10.2. The standard InChI is InChI=1S/C13H14N2O2S/c1-10-5-6-11(14)8-13(10)18(16,17)9-12-4-2-3-7-15-12/h2-8H,9,14H2,1H3. The topological polar surface area (TPSA) is 73.1 Å². The molecule has 0 bridgehead atoms. The third-order valence-electron chi connectivity index (χ3n) is 2.61. The van der Waals surface area contributed by atoms with E-state index in [-0.39, 0.29) is 10.6 Å². The van der Waals surface area contributed by atoms with Crippen LogP contribution in [0.4, 0.5) is 5.69 Å². The van der Waals surface area contributed by atoms with Gasteiger partial charge < -0.3 is 5.73 Å². The van der Waals surface area contributed by atoms with Gasteiger partial charge in [0.15, 0.2) is 9.84 Å². The molecule has 0 unspecified atom stereocenters. The van der Waals surface area contributed by atoms with Crippen LogP contribution in [-0.4, -0.2) is 13.4 Å². The Morgan fingerprint density at radius 3 is 2.67 bits per heavy atom. The molecule has 2 aromatic rings. The highest BCUT2D eigenvalue weighted by Gasteiger charge is 2.18. The fraction of sp³-hybridized carbons (Fsp3) is 0.154. The molecule has 0 saturated carbocycles. The van der Waals surface area contributed by atoms with E-state index in [1.54, 1.807) is 43.5 Å². The Morgan fingerprint density at radius 2 is 2.00 bits per heavy atom. The maximum atomic E-state index is 12.3. The summed E-state index contributed by atoms with van der Waals surface area (Å²) in [7, 11) is -3.41. The smallest absolute Gasteiger partial charge is 0.184 e. The first-order valence-corrected chi connectivity index (χ1v) is 7.13. The van der Waals surface area contributed by atoms with E-state index in [4.69, 9.17) is 5.73 Å². The zero-order chi connectivity index (χ0) is 13.2. The number of anilines is 1. The fourth-order valence-electron chi connectivity index (χ4n) is 1.71. The van der Waals surface area contributed by atoms with Crippen LogP contribution in [0.25, 0.3) is 0 Å². The number of hydrogen-bond donors (Lipinski definition) is 1. The summed E-state index contributed by atoms with van der Waals surface area (Å²) in [5.41, 5.74) is 7.30. The van der Waals surface area contributed by atoms with Gasteiger partial charge in [-0.2, -0.15) is 0 Å². The molecule has 0 atom stereocenters. The number of nitrogen functional groups attached to an aromatic ring is 1. The molecule has 94 valence electrons. The molecule has 0 aliphatic carbocycles. The first-order chi connectivity index (χ1) is 8.49. The van der Waals surface area contributed by atoms with E-state index >= 15 is 0 Å². The van der Waals surface area contributed by atoms with Gasteiger partial charge in [0.2, 0.25) is 0 Å². The van der Waals surface area contributed by atoms with E-state index in [1.165, 1.54) is 6.07 Å². The summed E-state index contributed by atoms with van der Waals surface area (Å²) in [4.78, 5) is 4.30. The molecule has 1 aromatic heterocycles. The van der Waals surface area contributed by atoms with E-state index in [0.29, 0.717) is 16.9 Å². The van der Waals surface area contributed by atoms with Crippen molar-refractivity contribution in [3.63, 3.8) is 0 Å². The Hall–Kier alpha value is -1.88. The van der Waals surface area contributed by atoms with Crippen molar-refractivity contribution in [2.45, 2.75) is 17.6 Å². The fourth-order valence-corrected chi connectivity index (χ4v) is 3.30. The van der Waals surface area contributed by atoms with E-state index < -0.39 is 9.84 Å². The molecular weight excluding hydrogens is 248 g/mol. The van der Waals surface area contributed by atoms with Crippen molar-refractivity contribution in [1.29, 1.82) is 0 Å². The van der Waals surface area contributed by atoms with Crippen LogP contribution < -0.4 is 5.73 Å². The van der Waals surface area contributed by atoms with Gasteiger partial charge in [0.25, 0.3) is 0 Å². The van der Waals surface area contributed by atoms with Crippen LogP contribution in [0.1, 0.15) is 11.3 Å². The van der Waals surface area contributed by atoms with E-state index in [9.17, 15) is 8.42 Å². The van der Waals surface area contributed by atoms with Crippen molar-refractivity contribution in [2.75, 3.05) is 5.73 Å². The molecule has 0 aliphatic heterocycles. The second kappa shape index (κ2) is 4.78. The van der Waals surface area contributed by atoms with E-state index in [0.717, 1.165) is 0 Å². The Balaban J connectivity index is 2.40. The normalized spacial score (nSPS) is 11.4. The molecule has 0 amide bonds. The summed E-state index contributed by atoms with van der Waals surface area (Å²) in [6.45, 7) is 1.75. The first-order valence-electron chi connectivity index (χ1n) is 5.48. The number of pyridine rings is 1. The van der Waals surface area contributed by atoms with Crippen molar-refractivity contribution >= 4 is 15.5 Å². The van der Waals surface area contributed by atoms with Crippen LogP contribution in [0.5, 0.6) is 0 Å². The molecule has 2 rings (SSSR count). The molecule has 0 spiro atoms. The molecule has 2 N–H and O–H groups in total. The summed E-state index contributed by atoms with van der Waals surface area (Å²) >= 11 is 0. The van der Waals surface area contributed by atoms with Gasteiger partial charge in [-0.3, -0.25) is 4.98 Å². The SMILES string of the molecule is Cc1ccc(N)cc1S(=O)(=O)Cc1ccccn1. The summed E-state index contributed by atoms with van der Waals surface area (Å²) in [6, 6.07) is 10.1. The number of aromatic nitrogens is 1. The number of aryl methyl sites for hydroxylation is 1. The van der Waals surface area contributed by atoms with Crippen molar-refractivity contribution in [1.82, 2.24) is 4.98 Å². The predicted octanol–water partition coefficient (Wildman–Crippen LogP) is 1.95. The molecule has 0 fully saturated rings. The monoisotopic (exact) mass is 262 g/mol. The Labute approximate surface area is 106 Å². The van der Waals surface area contributed by atoms with Crippen LogP contribution >= 0.6 is 0 Å². The average molecular weight is 262 g/mol. The summed E-state index contributed by atoms with van der Waals surface area (Å²) in [6.07, 6.45) is 1.58. The van der Waals surface area contributed by atoms with Crippen LogP contribution in [0.3, 0.4) is 0 Å². The van der Waals surface area contributed by atoms with E-state index in [1.807, 2.05) is 0 Å². The Kier molecular flexibility index (Phi) is 3.34. The summed E-state index contributed by atoms with van der Waals surface area (Å²) in [5.74, 6) is -0.113. The summed E-state index contributed by atoms with van der Waals surface area (Å²) in [5, 5.41) is 0. The molecule has 4 nitrogen and oxygen atoms in total. The number of nitrogens with two attached hydrogens (primary N) is 1.